The Labute approximate surface area is 173 Å². The van der Waals surface area contributed by atoms with Crippen LogP contribution in [0.1, 0.15) is 32.2 Å². The number of aromatic nitrogens is 1. The summed E-state index contributed by atoms with van der Waals surface area (Å²) in [5.41, 5.74) is 1.42. The first-order chi connectivity index (χ1) is 14.7. The molecule has 1 aliphatic carbocycles. The van der Waals surface area contributed by atoms with Crippen molar-refractivity contribution in [1.82, 2.24) is 9.88 Å². The SMILES string of the molecule is O=C1c2ccccc2C(=O)c2oc(-c3cccc(OCCN4CCOCC4)c3)nc21. The highest BCUT2D eigenvalue weighted by molar-refractivity contribution is 6.26. The van der Waals surface area contributed by atoms with Crippen LogP contribution in [-0.2, 0) is 4.74 Å². The average molecular weight is 404 g/mol. The Morgan fingerprint density at radius 3 is 2.53 bits per heavy atom. The lowest BCUT2D eigenvalue weighted by atomic mass is 9.91. The molecule has 0 N–H and O–H groups in total. The predicted octanol–water partition coefficient (Wildman–Crippen LogP) is 2.83. The van der Waals surface area contributed by atoms with E-state index < -0.39 is 0 Å². The topological polar surface area (TPSA) is 81.9 Å². The number of hydrogen-bond acceptors (Lipinski definition) is 7. The summed E-state index contributed by atoms with van der Waals surface area (Å²) in [6.45, 7) is 4.71. The number of nitrogens with zero attached hydrogens (tertiary/aromatic N) is 2. The predicted molar refractivity (Wildman–Crippen MR) is 108 cm³/mol. The average Bonchev–Trinajstić information content (AvgIpc) is 3.25. The number of oxazole rings is 1. The molecule has 30 heavy (non-hydrogen) atoms. The normalized spacial score (nSPS) is 16.3. The summed E-state index contributed by atoms with van der Waals surface area (Å²) in [4.78, 5) is 32.1. The third kappa shape index (κ3) is 3.42. The van der Waals surface area contributed by atoms with Crippen LogP contribution in [0, 0.1) is 0 Å². The number of benzene rings is 2. The molecule has 152 valence electrons. The van der Waals surface area contributed by atoms with Gasteiger partial charge in [-0.1, -0.05) is 30.3 Å². The number of carbonyl (C=O) groups excluding carboxylic acids is 2. The van der Waals surface area contributed by atoms with Crippen molar-refractivity contribution in [3.8, 4) is 17.2 Å². The molecule has 7 nitrogen and oxygen atoms in total. The lowest BCUT2D eigenvalue weighted by Crippen LogP contribution is -2.38. The maximum absolute atomic E-state index is 12.7. The Morgan fingerprint density at radius 1 is 0.967 bits per heavy atom. The fourth-order valence-electron chi connectivity index (χ4n) is 3.72. The molecule has 7 heteroatoms. The van der Waals surface area contributed by atoms with Crippen LogP contribution in [0.2, 0.25) is 0 Å². The molecular weight excluding hydrogens is 384 g/mol. The maximum Gasteiger partial charge on any atom is 0.231 e. The van der Waals surface area contributed by atoms with Crippen LogP contribution in [0.4, 0.5) is 0 Å². The van der Waals surface area contributed by atoms with Crippen molar-refractivity contribution in [2.45, 2.75) is 0 Å². The van der Waals surface area contributed by atoms with Gasteiger partial charge < -0.3 is 13.9 Å². The van der Waals surface area contributed by atoms with E-state index in [9.17, 15) is 9.59 Å². The third-order valence-electron chi connectivity index (χ3n) is 5.33. The number of hydrogen-bond donors (Lipinski definition) is 0. The van der Waals surface area contributed by atoms with Crippen LogP contribution >= 0.6 is 0 Å². The molecule has 5 rings (SSSR count). The van der Waals surface area contributed by atoms with Crippen molar-refractivity contribution in [2.75, 3.05) is 39.5 Å². The fourth-order valence-corrected chi connectivity index (χ4v) is 3.72. The van der Waals surface area contributed by atoms with Crippen LogP contribution in [0.15, 0.2) is 52.9 Å². The third-order valence-corrected chi connectivity index (χ3v) is 5.33. The molecule has 0 amide bonds. The zero-order valence-electron chi connectivity index (χ0n) is 16.3. The van der Waals surface area contributed by atoms with Gasteiger partial charge in [-0.15, -0.1) is 0 Å². The summed E-state index contributed by atoms with van der Waals surface area (Å²) in [6.07, 6.45) is 0. The highest BCUT2D eigenvalue weighted by Gasteiger charge is 2.35. The Kier molecular flexibility index (Phi) is 4.90. The molecule has 3 aromatic rings. The number of ketones is 2. The van der Waals surface area contributed by atoms with Crippen molar-refractivity contribution in [3.05, 3.63) is 71.1 Å². The van der Waals surface area contributed by atoms with E-state index in [1.165, 1.54) is 0 Å². The fraction of sp³-hybridized carbons (Fsp3) is 0.261. The number of carbonyl (C=O) groups is 2. The Bertz CT molecular complexity index is 1060. The molecule has 1 aromatic heterocycles. The molecule has 0 bridgehead atoms. The van der Waals surface area contributed by atoms with Crippen LogP contribution < -0.4 is 4.74 Å². The van der Waals surface area contributed by atoms with Crippen LogP contribution in [0.5, 0.6) is 5.75 Å². The Morgan fingerprint density at radius 2 is 1.73 bits per heavy atom. The van der Waals surface area contributed by atoms with E-state index >= 15 is 0 Å². The number of morpholine rings is 1. The van der Waals surface area contributed by atoms with Crippen molar-refractivity contribution >= 4 is 11.6 Å². The highest BCUT2D eigenvalue weighted by Crippen LogP contribution is 2.31. The Balaban J connectivity index is 1.35. The first kappa shape index (κ1) is 18.7. The van der Waals surface area contributed by atoms with Crippen LogP contribution in [0.3, 0.4) is 0 Å². The molecule has 1 aliphatic heterocycles. The van der Waals surface area contributed by atoms with E-state index in [4.69, 9.17) is 13.9 Å². The van der Waals surface area contributed by atoms with Crippen molar-refractivity contribution < 1.29 is 23.5 Å². The number of fused-ring (bicyclic) bond motifs is 2. The second kappa shape index (κ2) is 7.85. The molecule has 0 unspecified atom stereocenters. The summed E-state index contributed by atoms with van der Waals surface area (Å²) in [6, 6.07) is 14.0. The number of rotatable bonds is 5. The zero-order chi connectivity index (χ0) is 20.5. The summed E-state index contributed by atoms with van der Waals surface area (Å²) in [5.74, 6) is 0.281. The van der Waals surface area contributed by atoms with Crippen molar-refractivity contribution in [1.29, 1.82) is 0 Å². The molecule has 0 radical (unpaired) electrons. The standard InChI is InChI=1S/C23H20N2O5/c26-20-17-6-1-2-7-18(17)21(27)22-19(20)24-23(30-22)15-4-3-5-16(14-15)29-13-10-25-8-11-28-12-9-25/h1-7,14H,8-13H2. The maximum atomic E-state index is 12.7. The lowest BCUT2D eigenvalue weighted by molar-refractivity contribution is 0.0322. The quantitative estimate of drug-likeness (QED) is 0.506. The molecule has 0 saturated carbocycles. The molecule has 0 spiro atoms. The van der Waals surface area contributed by atoms with Crippen molar-refractivity contribution in [2.24, 2.45) is 0 Å². The van der Waals surface area contributed by atoms with Crippen LogP contribution in [0.25, 0.3) is 11.5 Å². The number of ether oxygens (including phenoxy) is 2. The largest absolute Gasteiger partial charge is 0.492 e. The summed E-state index contributed by atoms with van der Waals surface area (Å²) < 4.78 is 17.0. The molecule has 1 fully saturated rings. The lowest BCUT2D eigenvalue weighted by Gasteiger charge is -2.26. The van der Waals surface area contributed by atoms with Gasteiger partial charge in [0.15, 0.2) is 5.69 Å². The minimum Gasteiger partial charge on any atom is -0.492 e. The minimum atomic E-state index is -0.322. The van der Waals surface area contributed by atoms with Gasteiger partial charge in [-0.25, -0.2) is 4.98 Å². The van der Waals surface area contributed by atoms with E-state index in [0.717, 1.165) is 32.8 Å². The first-order valence-corrected chi connectivity index (χ1v) is 9.93. The minimum absolute atomic E-state index is 0.00709. The van der Waals surface area contributed by atoms with Gasteiger partial charge >= 0.3 is 0 Å². The van der Waals surface area contributed by atoms with Gasteiger partial charge in [-0.2, -0.15) is 0 Å². The summed E-state index contributed by atoms with van der Waals surface area (Å²) >= 11 is 0. The van der Waals surface area contributed by atoms with Gasteiger partial charge in [0.05, 0.1) is 13.2 Å². The van der Waals surface area contributed by atoms with Gasteiger partial charge in [-0.3, -0.25) is 14.5 Å². The van der Waals surface area contributed by atoms with Gasteiger partial charge in [0.1, 0.15) is 12.4 Å². The van der Waals surface area contributed by atoms with Gasteiger partial charge in [0.25, 0.3) is 0 Å². The molecule has 1 saturated heterocycles. The first-order valence-electron chi connectivity index (χ1n) is 9.93. The zero-order valence-corrected chi connectivity index (χ0v) is 16.3. The Hall–Kier alpha value is -3.29. The molecule has 2 heterocycles. The molecule has 2 aliphatic rings. The smallest absolute Gasteiger partial charge is 0.231 e. The van der Waals surface area contributed by atoms with E-state index in [2.05, 4.69) is 9.88 Å². The second-order valence-electron chi connectivity index (χ2n) is 7.23. The van der Waals surface area contributed by atoms with E-state index in [-0.39, 0.29) is 28.9 Å². The monoisotopic (exact) mass is 404 g/mol. The van der Waals surface area contributed by atoms with Crippen LogP contribution in [-0.4, -0.2) is 60.9 Å². The summed E-state index contributed by atoms with van der Waals surface area (Å²) in [7, 11) is 0. The van der Waals surface area contributed by atoms with Gasteiger partial charge in [0, 0.05) is 36.3 Å². The highest BCUT2D eigenvalue weighted by atomic mass is 16.5. The molecule has 2 aromatic carbocycles. The molecule has 0 atom stereocenters. The van der Waals surface area contributed by atoms with Gasteiger partial charge in [0.2, 0.25) is 23.2 Å². The van der Waals surface area contributed by atoms with E-state index in [1.807, 2.05) is 18.2 Å². The van der Waals surface area contributed by atoms with Gasteiger partial charge in [-0.05, 0) is 18.2 Å². The van der Waals surface area contributed by atoms with E-state index in [0.29, 0.717) is 29.0 Å². The second-order valence-corrected chi connectivity index (χ2v) is 7.23. The summed E-state index contributed by atoms with van der Waals surface area (Å²) in [5, 5.41) is 0. The van der Waals surface area contributed by atoms with Crippen molar-refractivity contribution in [3.63, 3.8) is 0 Å². The van der Waals surface area contributed by atoms with E-state index in [1.54, 1.807) is 30.3 Å². The molecular formula is C23H20N2O5.